The average molecular weight is 860 g/mol. The van der Waals surface area contributed by atoms with Gasteiger partial charge in [-0.3, -0.25) is 28.7 Å². The highest BCUT2D eigenvalue weighted by atomic mass is 32.1. The number of alkyl halides is 1. The molecule has 2 N–H and O–H groups in total. The van der Waals surface area contributed by atoms with Crippen molar-refractivity contribution in [2.45, 2.75) is 106 Å². The number of ether oxygens (including phenoxy) is 2. The molecule has 2 aromatic carbocycles. The van der Waals surface area contributed by atoms with E-state index in [0.717, 1.165) is 50.5 Å². The number of aromatic nitrogens is 1. The van der Waals surface area contributed by atoms with E-state index in [2.05, 4.69) is 21.5 Å². The van der Waals surface area contributed by atoms with Crippen LogP contribution < -0.4 is 14.9 Å². The van der Waals surface area contributed by atoms with E-state index >= 15 is 4.39 Å². The number of esters is 1. The zero-order valence-corrected chi connectivity index (χ0v) is 35.5. The van der Waals surface area contributed by atoms with Crippen LogP contribution in [-0.2, 0) is 28.4 Å². The number of methoxy groups -OCH3 is 1. The molecule has 3 saturated heterocycles. The molecule has 318 valence electrons. The Morgan fingerprint density at radius 1 is 1.02 bits per heavy atom. The van der Waals surface area contributed by atoms with Crippen molar-refractivity contribution in [2.75, 3.05) is 26.9 Å². The molecule has 60 heavy (non-hydrogen) atoms. The lowest BCUT2D eigenvalue weighted by molar-refractivity contribution is -0.148. The van der Waals surface area contributed by atoms with E-state index in [-0.39, 0.29) is 53.8 Å². The third-order valence-corrected chi connectivity index (χ3v) is 15.6. The number of hydrogen-bond acceptors (Lipinski definition) is 10. The number of thiophene rings is 1. The number of hydrogen-bond donors (Lipinski definition) is 2. The lowest BCUT2D eigenvalue weighted by Crippen LogP contribution is -2.57. The van der Waals surface area contributed by atoms with E-state index in [1.54, 1.807) is 41.4 Å². The summed E-state index contributed by atoms with van der Waals surface area (Å²) in [4.78, 5) is 63.9. The third kappa shape index (κ3) is 8.72. The van der Waals surface area contributed by atoms with Crippen molar-refractivity contribution in [1.29, 1.82) is 0 Å². The van der Waals surface area contributed by atoms with Crippen LogP contribution in [0, 0.1) is 0 Å². The van der Waals surface area contributed by atoms with Crippen LogP contribution >= 0.6 is 18.9 Å². The summed E-state index contributed by atoms with van der Waals surface area (Å²) in [5, 5.41) is 6.10. The smallest absolute Gasteiger partial charge is 0.355 e. The minimum Gasteiger partial charge on any atom is -0.462 e. The molecule has 13 nitrogen and oxygen atoms in total. The number of carbonyl (C=O) groups excluding carboxylic acids is 4. The Kier molecular flexibility index (Phi) is 12.4. The van der Waals surface area contributed by atoms with Crippen molar-refractivity contribution >= 4 is 52.6 Å². The van der Waals surface area contributed by atoms with Crippen molar-refractivity contribution in [2.24, 2.45) is 0 Å². The highest BCUT2D eigenvalue weighted by molar-refractivity contribution is 7.57. The van der Waals surface area contributed by atoms with Gasteiger partial charge in [-0.2, -0.15) is 0 Å². The number of likely N-dealkylation sites (tertiary alicyclic amines) is 1. The van der Waals surface area contributed by atoms with Gasteiger partial charge < -0.3 is 29.1 Å². The molecule has 1 aliphatic carbocycles. The fraction of sp³-hybridized carbons (Fsp3) is 0.477. The normalized spacial score (nSPS) is 24.2. The number of para-hydroxylation sites is 1. The van der Waals surface area contributed by atoms with Crippen LogP contribution in [0.4, 0.5) is 4.39 Å². The van der Waals surface area contributed by atoms with Crippen LogP contribution in [0.1, 0.15) is 97.3 Å². The van der Waals surface area contributed by atoms with E-state index in [0.29, 0.717) is 34.3 Å². The molecule has 8 rings (SSSR count). The zero-order valence-electron chi connectivity index (χ0n) is 33.8. The molecule has 7 atom stereocenters. The molecule has 5 heterocycles. The van der Waals surface area contributed by atoms with E-state index in [1.807, 2.05) is 17.2 Å². The van der Waals surface area contributed by atoms with E-state index < -0.39 is 43.4 Å². The van der Waals surface area contributed by atoms with Crippen molar-refractivity contribution in [3.8, 4) is 5.75 Å². The minimum absolute atomic E-state index is 0.0113. The molecule has 0 bridgehead atoms. The Balaban J connectivity index is 0.975. The van der Waals surface area contributed by atoms with Crippen LogP contribution in [0.15, 0.2) is 79.1 Å². The quantitative estimate of drug-likeness (QED) is 0.0751. The largest absolute Gasteiger partial charge is 0.462 e. The maximum Gasteiger partial charge on any atom is 0.355 e. The first-order chi connectivity index (χ1) is 29.0. The molecule has 1 saturated carbocycles. The fourth-order valence-electron chi connectivity index (χ4n) is 9.11. The van der Waals surface area contributed by atoms with Gasteiger partial charge in [-0.05, 0) is 105 Å². The maximum absolute atomic E-state index is 16.6. The Morgan fingerprint density at radius 3 is 2.57 bits per heavy atom. The lowest BCUT2D eigenvalue weighted by atomic mass is 9.97. The summed E-state index contributed by atoms with van der Waals surface area (Å²) >= 11 is 1.19. The summed E-state index contributed by atoms with van der Waals surface area (Å²) in [5.74, 6) is -3.26. The monoisotopic (exact) mass is 859 g/mol. The number of halogens is 1. The van der Waals surface area contributed by atoms with Crippen LogP contribution in [-0.4, -0.2) is 95.0 Å². The van der Waals surface area contributed by atoms with Crippen molar-refractivity contribution < 1.29 is 42.1 Å². The van der Waals surface area contributed by atoms with Gasteiger partial charge in [0.2, 0.25) is 17.7 Å². The number of benzene rings is 2. The maximum atomic E-state index is 16.6. The average Bonchev–Trinajstić information content (AvgIpc) is 3.54. The standard InChI is InChI=1S/C44H51FN5O8PS/c1-28(43(54)57-22-21-56-2)48-59(55,58-34-11-4-3-5-12-34)39(45)29-14-17-37-31(23-29)24-38(60-37)40(51)47-35-13-7-6-10-33-15-16-36(50(33)41(35)52)42(53)49-27-32(25-44(49)18-19-44)30-9-8-20-46-26-30/h3-5,8-9,11-12,14,17,20,23-24,26,28,32-33,35-36,39H,6-7,10,13,15-16,18-19,21-22,25,27H2,1-2H3,(H,47,51)(H,48,55)/t28-,32-,33-,35-,36-,39+,59?/m0/s1. The molecule has 0 radical (unpaired) electrons. The fourth-order valence-corrected chi connectivity index (χ4v) is 12.0. The van der Waals surface area contributed by atoms with Gasteiger partial charge in [-0.15, -0.1) is 11.3 Å². The Hall–Kier alpha value is -4.69. The summed E-state index contributed by atoms with van der Waals surface area (Å²) in [7, 11) is -3.02. The van der Waals surface area contributed by atoms with Crippen molar-refractivity contribution in [1.82, 2.24) is 25.2 Å². The molecule has 2 aromatic heterocycles. The molecule has 3 aliphatic heterocycles. The number of nitrogens with zero attached hydrogens (tertiary/aromatic N) is 3. The second-order valence-electron chi connectivity index (χ2n) is 16.4. The predicted octanol–water partition coefficient (Wildman–Crippen LogP) is 7.28. The molecule has 4 aromatic rings. The second kappa shape index (κ2) is 17.7. The predicted molar refractivity (Wildman–Crippen MR) is 224 cm³/mol. The molecule has 4 fully saturated rings. The Morgan fingerprint density at radius 2 is 1.82 bits per heavy atom. The molecular formula is C44H51FN5O8PS. The molecule has 1 unspecified atom stereocenters. The van der Waals surface area contributed by atoms with Gasteiger partial charge in [0, 0.05) is 48.2 Å². The molecular weight excluding hydrogens is 809 g/mol. The SMILES string of the molecule is COCCOC(=O)[C@H](C)NP(=O)(Oc1ccccc1)[C@@H](F)c1ccc2sc(C(=O)N[C@H]3CCCC[C@H]4CC[C@@H](C(=O)N5C[C@@H](c6cccnc6)CC56CC6)N4C3=O)cc2c1. The van der Waals surface area contributed by atoms with E-state index in [4.69, 9.17) is 14.0 Å². The van der Waals surface area contributed by atoms with E-state index in [1.165, 1.54) is 49.6 Å². The Bertz CT molecular complexity index is 2260. The number of nitrogens with one attached hydrogen (secondary N) is 2. The van der Waals surface area contributed by atoms with Gasteiger partial charge in [0.25, 0.3) is 5.91 Å². The molecule has 4 aliphatic rings. The highest BCUT2D eigenvalue weighted by Crippen LogP contribution is 2.58. The summed E-state index contributed by atoms with van der Waals surface area (Å²) in [6.07, 6.45) is 10.7. The summed E-state index contributed by atoms with van der Waals surface area (Å²) in [6, 6.07) is 15.7. The summed E-state index contributed by atoms with van der Waals surface area (Å²) < 4.78 is 47.5. The van der Waals surface area contributed by atoms with Gasteiger partial charge in [-0.25, -0.2) is 9.48 Å². The van der Waals surface area contributed by atoms with Crippen LogP contribution in [0.2, 0.25) is 0 Å². The van der Waals surface area contributed by atoms with Crippen LogP contribution in [0.25, 0.3) is 10.1 Å². The first kappa shape index (κ1) is 42.0. The molecule has 1 spiro atoms. The summed E-state index contributed by atoms with van der Waals surface area (Å²) in [5.41, 5.74) is 0.993. The number of rotatable bonds is 14. The number of amides is 3. The van der Waals surface area contributed by atoms with Gasteiger partial charge >= 0.3 is 13.5 Å². The first-order valence-electron chi connectivity index (χ1n) is 20.8. The number of carbonyl (C=O) groups is 4. The van der Waals surface area contributed by atoms with Crippen LogP contribution in [0.5, 0.6) is 5.75 Å². The number of pyridine rings is 1. The molecule has 16 heteroatoms. The van der Waals surface area contributed by atoms with Crippen molar-refractivity contribution in [3.63, 3.8) is 0 Å². The minimum atomic E-state index is -4.48. The van der Waals surface area contributed by atoms with Crippen LogP contribution in [0.3, 0.4) is 0 Å². The highest BCUT2D eigenvalue weighted by Gasteiger charge is 2.58. The first-order valence-corrected chi connectivity index (χ1v) is 23.3. The lowest BCUT2D eigenvalue weighted by Gasteiger charge is -2.37. The van der Waals surface area contributed by atoms with Crippen molar-refractivity contribution in [3.05, 3.63) is 95.1 Å². The Labute approximate surface area is 352 Å². The van der Waals surface area contributed by atoms with Gasteiger partial charge in [0.15, 0.2) is 0 Å². The van der Waals surface area contributed by atoms with Gasteiger partial charge in [-0.1, -0.05) is 43.2 Å². The van der Waals surface area contributed by atoms with Gasteiger partial charge in [0.05, 0.1) is 11.5 Å². The third-order valence-electron chi connectivity index (χ3n) is 12.4. The summed E-state index contributed by atoms with van der Waals surface area (Å²) in [6.45, 7) is 2.15. The number of fused-ring (bicyclic) bond motifs is 2. The second-order valence-corrected chi connectivity index (χ2v) is 19.6. The topological polar surface area (TPSA) is 156 Å². The zero-order chi connectivity index (χ0) is 42.0. The van der Waals surface area contributed by atoms with Gasteiger partial charge in [0.1, 0.15) is 30.5 Å². The molecule has 3 amide bonds. The van der Waals surface area contributed by atoms with E-state index in [9.17, 15) is 23.7 Å².